The van der Waals surface area contributed by atoms with Crippen molar-refractivity contribution < 1.29 is 23.1 Å². The third-order valence-corrected chi connectivity index (χ3v) is 3.15. The van der Waals surface area contributed by atoms with Gasteiger partial charge in [0.05, 0.1) is 7.11 Å². The maximum Gasteiger partial charge on any atom is 0.328 e. The second kappa shape index (κ2) is 5.34. The molecule has 2 rings (SSSR count). The molecule has 1 saturated heterocycles. The average molecular weight is 269 g/mol. The lowest BCUT2D eigenvalue weighted by atomic mass is 10.1. The van der Waals surface area contributed by atoms with Gasteiger partial charge in [0.2, 0.25) is 0 Å². The van der Waals surface area contributed by atoms with E-state index in [1.54, 1.807) is 0 Å². The Morgan fingerprint density at radius 3 is 2.68 bits per heavy atom. The van der Waals surface area contributed by atoms with Crippen molar-refractivity contribution in [3.8, 4) is 0 Å². The molecule has 102 valence electrons. The lowest BCUT2D eigenvalue weighted by Crippen LogP contribution is -2.41. The molecule has 0 N–H and O–H groups in total. The summed E-state index contributed by atoms with van der Waals surface area (Å²) in [6.07, 6.45) is 1.19. The van der Waals surface area contributed by atoms with E-state index in [1.165, 1.54) is 18.1 Å². The Morgan fingerprint density at radius 2 is 2.05 bits per heavy atom. The second-order valence-corrected chi connectivity index (χ2v) is 4.31. The van der Waals surface area contributed by atoms with E-state index >= 15 is 0 Å². The van der Waals surface area contributed by atoms with Crippen LogP contribution in [0.1, 0.15) is 23.2 Å². The molecule has 1 aromatic rings. The van der Waals surface area contributed by atoms with Crippen LogP contribution in [-0.2, 0) is 9.53 Å². The van der Waals surface area contributed by atoms with Gasteiger partial charge in [-0.3, -0.25) is 4.79 Å². The van der Waals surface area contributed by atoms with Gasteiger partial charge < -0.3 is 9.64 Å². The highest BCUT2D eigenvalue weighted by Crippen LogP contribution is 2.21. The zero-order valence-corrected chi connectivity index (χ0v) is 10.4. The summed E-state index contributed by atoms with van der Waals surface area (Å²) in [5, 5.41) is 0. The molecule has 1 aromatic carbocycles. The number of esters is 1. The third-order valence-electron chi connectivity index (χ3n) is 3.15. The number of likely N-dealkylation sites (tertiary alicyclic amines) is 1. The predicted molar refractivity (Wildman–Crippen MR) is 62.4 cm³/mol. The zero-order valence-electron chi connectivity index (χ0n) is 10.4. The van der Waals surface area contributed by atoms with Gasteiger partial charge in [0, 0.05) is 12.1 Å². The fourth-order valence-corrected chi connectivity index (χ4v) is 2.19. The minimum atomic E-state index is -1.08. The van der Waals surface area contributed by atoms with Crippen molar-refractivity contribution in [2.75, 3.05) is 13.7 Å². The van der Waals surface area contributed by atoms with Crippen molar-refractivity contribution >= 4 is 11.9 Å². The van der Waals surface area contributed by atoms with E-state index in [0.29, 0.717) is 19.4 Å². The van der Waals surface area contributed by atoms with E-state index in [9.17, 15) is 18.4 Å². The van der Waals surface area contributed by atoms with Crippen LogP contribution in [0.25, 0.3) is 0 Å². The van der Waals surface area contributed by atoms with Crippen LogP contribution in [0.15, 0.2) is 18.2 Å². The molecule has 0 saturated carbocycles. The molecule has 0 aliphatic carbocycles. The van der Waals surface area contributed by atoms with E-state index in [4.69, 9.17) is 0 Å². The minimum Gasteiger partial charge on any atom is -0.467 e. The first-order chi connectivity index (χ1) is 9.04. The highest BCUT2D eigenvalue weighted by Gasteiger charge is 2.35. The van der Waals surface area contributed by atoms with Gasteiger partial charge in [-0.25, -0.2) is 13.6 Å². The molecule has 19 heavy (non-hydrogen) atoms. The molecule has 0 bridgehead atoms. The molecular weight excluding hydrogens is 256 g/mol. The van der Waals surface area contributed by atoms with Crippen LogP contribution in [0.5, 0.6) is 0 Å². The summed E-state index contributed by atoms with van der Waals surface area (Å²) in [4.78, 5) is 25.0. The summed E-state index contributed by atoms with van der Waals surface area (Å²) in [6, 6.07) is 2.29. The Labute approximate surface area is 109 Å². The first-order valence-corrected chi connectivity index (χ1v) is 5.88. The smallest absolute Gasteiger partial charge is 0.328 e. The summed E-state index contributed by atoms with van der Waals surface area (Å²) in [7, 11) is 1.25. The van der Waals surface area contributed by atoms with Gasteiger partial charge in [-0.1, -0.05) is 0 Å². The van der Waals surface area contributed by atoms with Crippen LogP contribution in [0.4, 0.5) is 8.78 Å². The Bertz CT molecular complexity index is 519. The average Bonchev–Trinajstić information content (AvgIpc) is 2.89. The van der Waals surface area contributed by atoms with E-state index in [2.05, 4.69) is 4.74 Å². The number of amides is 1. The van der Waals surface area contributed by atoms with Crippen molar-refractivity contribution in [2.45, 2.75) is 18.9 Å². The minimum absolute atomic E-state index is 0.0229. The highest BCUT2D eigenvalue weighted by molar-refractivity contribution is 5.97. The molecule has 1 atom stereocenters. The van der Waals surface area contributed by atoms with Crippen molar-refractivity contribution in [3.05, 3.63) is 35.4 Å². The van der Waals surface area contributed by atoms with E-state index < -0.39 is 29.6 Å². The van der Waals surface area contributed by atoms with Gasteiger partial charge in [-0.15, -0.1) is 0 Å². The number of ether oxygens (including phenoxy) is 1. The number of carbonyl (C=O) groups is 2. The topological polar surface area (TPSA) is 46.6 Å². The fraction of sp³-hybridized carbons (Fsp3) is 0.385. The Morgan fingerprint density at radius 1 is 1.32 bits per heavy atom. The summed E-state index contributed by atoms with van der Waals surface area (Å²) in [5.74, 6) is -3.08. The summed E-state index contributed by atoms with van der Waals surface area (Å²) in [6.45, 7) is 0.400. The van der Waals surface area contributed by atoms with Crippen LogP contribution in [-0.4, -0.2) is 36.5 Å². The fourth-order valence-electron chi connectivity index (χ4n) is 2.19. The maximum absolute atomic E-state index is 13.1. The summed E-state index contributed by atoms with van der Waals surface area (Å²) in [5.41, 5.74) is 0.0229. The van der Waals surface area contributed by atoms with Crippen molar-refractivity contribution in [1.29, 1.82) is 0 Å². The third kappa shape index (κ3) is 2.57. The van der Waals surface area contributed by atoms with Gasteiger partial charge in [-0.05, 0) is 31.0 Å². The molecule has 4 nitrogen and oxygen atoms in total. The molecule has 0 spiro atoms. The van der Waals surface area contributed by atoms with Crippen LogP contribution in [0.3, 0.4) is 0 Å². The molecule has 6 heteroatoms. The molecule has 0 radical (unpaired) electrons. The SMILES string of the molecule is COC(=O)C1CCCN1C(=O)c1ccc(F)c(F)c1. The van der Waals surface area contributed by atoms with Gasteiger partial charge in [-0.2, -0.15) is 0 Å². The van der Waals surface area contributed by atoms with Gasteiger partial charge in [0.15, 0.2) is 11.6 Å². The zero-order chi connectivity index (χ0) is 14.0. The number of hydrogen-bond donors (Lipinski definition) is 0. The Hall–Kier alpha value is -1.98. The molecule has 1 aliphatic rings. The normalized spacial score (nSPS) is 18.5. The first-order valence-electron chi connectivity index (χ1n) is 5.88. The number of nitrogens with zero attached hydrogens (tertiary/aromatic N) is 1. The lowest BCUT2D eigenvalue weighted by Gasteiger charge is -2.22. The summed E-state index contributed by atoms with van der Waals surface area (Å²) >= 11 is 0. The van der Waals surface area contributed by atoms with Crippen LogP contribution in [0.2, 0.25) is 0 Å². The molecule has 1 amide bonds. The van der Waals surface area contributed by atoms with Gasteiger partial charge in [0.1, 0.15) is 6.04 Å². The van der Waals surface area contributed by atoms with Crippen LogP contribution in [0, 0.1) is 11.6 Å². The predicted octanol–water partition coefficient (Wildman–Crippen LogP) is 1.74. The van der Waals surface area contributed by atoms with Gasteiger partial charge in [0.25, 0.3) is 5.91 Å². The van der Waals surface area contributed by atoms with E-state index in [-0.39, 0.29) is 5.56 Å². The van der Waals surface area contributed by atoms with Crippen LogP contribution < -0.4 is 0 Å². The van der Waals surface area contributed by atoms with E-state index in [0.717, 1.165) is 12.1 Å². The standard InChI is InChI=1S/C13H13F2NO3/c1-19-13(18)11-3-2-6-16(11)12(17)8-4-5-9(14)10(15)7-8/h4-5,7,11H,2-3,6H2,1H3. The second-order valence-electron chi connectivity index (χ2n) is 4.31. The van der Waals surface area contributed by atoms with Crippen LogP contribution >= 0.6 is 0 Å². The number of carbonyl (C=O) groups excluding carboxylic acids is 2. The van der Waals surface area contributed by atoms with E-state index in [1.807, 2.05) is 0 Å². The summed E-state index contributed by atoms with van der Waals surface area (Å²) < 4.78 is 30.6. The molecule has 1 fully saturated rings. The van der Waals surface area contributed by atoms with Crippen molar-refractivity contribution in [1.82, 2.24) is 4.90 Å². The quantitative estimate of drug-likeness (QED) is 0.768. The number of rotatable bonds is 2. The number of hydrogen-bond acceptors (Lipinski definition) is 3. The molecule has 0 aromatic heterocycles. The number of methoxy groups -OCH3 is 1. The number of halogens is 2. The molecule has 1 aliphatic heterocycles. The largest absolute Gasteiger partial charge is 0.467 e. The number of benzene rings is 1. The monoisotopic (exact) mass is 269 g/mol. The highest BCUT2D eigenvalue weighted by atomic mass is 19.2. The maximum atomic E-state index is 13.1. The Balaban J connectivity index is 2.23. The Kier molecular flexibility index (Phi) is 3.78. The van der Waals surface area contributed by atoms with Crippen molar-refractivity contribution in [3.63, 3.8) is 0 Å². The molecule has 1 unspecified atom stereocenters. The molecular formula is C13H13F2NO3. The lowest BCUT2D eigenvalue weighted by molar-refractivity contribution is -0.145. The molecule has 1 heterocycles. The first kappa shape index (κ1) is 13.5. The van der Waals surface area contributed by atoms with Crippen molar-refractivity contribution in [2.24, 2.45) is 0 Å². The van der Waals surface area contributed by atoms with Gasteiger partial charge >= 0.3 is 5.97 Å².